The molecule has 124 valence electrons. The number of Topliss-reactive ketones (excluding diaryl/α,β-unsaturated/α-hetero) is 1. The summed E-state index contributed by atoms with van der Waals surface area (Å²) in [6.45, 7) is 0.343. The molecule has 0 fully saturated rings. The number of benzene rings is 2. The molecule has 4 nitrogen and oxygen atoms in total. The Balaban J connectivity index is 2.07. The summed E-state index contributed by atoms with van der Waals surface area (Å²) in [6, 6.07) is 9.43. The number of methoxy groups -OCH3 is 2. The lowest BCUT2D eigenvalue weighted by atomic mass is 9.98. The fraction of sp³-hybridized carbons (Fsp3) is 0.211. The predicted molar refractivity (Wildman–Crippen MR) is 88.4 cm³/mol. The summed E-state index contributed by atoms with van der Waals surface area (Å²) in [5.41, 5.74) is 1.54. The molecule has 0 atom stereocenters. The van der Waals surface area contributed by atoms with Crippen molar-refractivity contribution < 1.29 is 23.4 Å². The van der Waals surface area contributed by atoms with E-state index in [-0.39, 0.29) is 11.6 Å². The molecular weight excluding hydrogens is 311 g/mol. The van der Waals surface area contributed by atoms with E-state index in [1.807, 2.05) is 0 Å². The maximum atomic E-state index is 13.4. The molecular formula is C19H17FO4. The molecule has 1 aliphatic rings. The monoisotopic (exact) mass is 328 g/mol. The molecule has 1 aliphatic heterocycles. The quantitative estimate of drug-likeness (QED) is 0.802. The summed E-state index contributed by atoms with van der Waals surface area (Å²) in [5, 5.41) is 0. The number of hydrogen-bond donors (Lipinski definition) is 0. The van der Waals surface area contributed by atoms with Crippen molar-refractivity contribution in [1.82, 2.24) is 0 Å². The van der Waals surface area contributed by atoms with E-state index in [9.17, 15) is 9.18 Å². The summed E-state index contributed by atoms with van der Waals surface area (Å²) in [7, 11) is 3.03. The van der Waals surface area contributed by atoms with Gasteiger partial charge in [-0.15, -0.1) is 0 Å². The second-order valence-corrected chi connectivity index (χ2v) is 5.35. The number of carbonyl (C=O) groups excluding carboxylic acids is 1. The van der Waals surface area contributed by atoms with Crippen molar-refractivity contribution in [2.45, 2.75) is 6.42 Å². The molecule has 0 spiro atoms. The average molecular weight is 328 g/mol. The lowest BCUT2D eigenvalue weighted by molar-refractivity contribution is 0.103. The number of ether oxygens (including phenoxy) is 3. The van der Waals surface area contributed by atoms with Crippen LogP contribution in [-0.4, -0.2) is 26.6 Å². The maximum absolute atomic E-state index is 13.4. The predicted octanol–water partition coefficient (Wildman–Crippen LogP) is 3.89. The molecule has 5 heteroatoms. The van der Waals surface area contributed by atoms with Gasteiger partial charge in [0.2, 0.25) is 0 Å². The van der Waals surface area contributed by atoms with Crippen LogP contribution in [0.2, 0.25) is 0 Å². The van der Waals surface area contributed by atoms with Crippen molar-refractivity contribution in [3.05, 3.63) is 58.9 Å². The van der Waals surface area contributed by atoms with E-state index in [1.165, 1.54) is 26.4 Å². The Morgan fingerprint density at radius 3 is 2.71 bits per heavy atom. The van der Waals surface area contributed by atoms with Gasteiger partial charge in [0.05, 0.1) is 20.8 Å². The second-order valence-electron chi connectivity index (χ2n) is 5.35. The zero-order chi connectivity index (χ0) is 17.1. The van der Waals surface area contributed by atoms with Gasteiger partial charge in [0.15, 0.2) is 5.78 Å². The summed E-state index contributed by atoms with van der Waals surface area (Å²) >= 11 is 0. The number of rotatable bonds is 3. The van der Waals surface area contributed by atoms with Crippen LogP contribution in [0.1, 0.15) is 22.3 Å². The van der Waals surface area contributed by atoms with Gasteiger partial charge in [0.1, 0.15) is 28.6 Å². The number of fused-ring (bicyclic) bond motifs is 1. The van der Waals surface area contributed by atoms with Crippen LogP contribution in [0.15, 0.2) is 42.0 Å². The lowest BCUT2D eigenvalue weighted by Gasteiger charge is -2.12. The smallest absolute Gasteiger partial charge is 0.196 e. The maximum Gasteiger partial charge on any atom is 0.196 e. The highest BCUT2D eigenvalue weighted by Gasteiger charge is 2.26. The van der Waals surface area contributed by atoms with E-state index in [4.69, 9.17) is 14.2 Å². The Bertz CT molecular complexity index is 811. The van der Waals surface area contributed by atoms with Gasteiger partial charge in [-0.2, -0.15) is 0 Å². The largest absolute Gasteiger partial charge is 0.496 e. The lowest BCUT2D eigenvalue weighted by Crippen LogP contribution is -2.05. The average Bonchev–Trinajstić information content (AvgIpc) is 2.74. The minimum Gasteiger partial charge on any atom is -0.496 e. The first-order valence-corrected chi connectivity index (χ1v) is 7.52. The summed E-state index contributed by atoms with van der Waals surface area (Å²) in [5.74, 6) is 0.840. The molecule has 0 amide bonds. The third kappa shape index (κ3) is 3.11. The number of hydrogen-bond acceptors (Lipinski definition) is 4. The van der Waals surface area contributed by atoms with E-state index < -0.39 is 0 Å². The van der Waals surface area contributed by atoms with E-state index in [1.54, 1.807) is 30.3 Å². The van der Waals surface area contributed by atoms with Crippen molar-refractivity contribution in [3.63, 3.8) is 0 Å². The van der Waals surface area contributed by atoms with Crippen LogP contribution in [0.25, 0.3) is 6.08 Å². The third-order valence-electron chi connectivity index (χ3n) is 3.83. The van der Waals surface area contributed by atoms with Crippen molar-refractivity contribution in [2.75, 3.05) is 20.8 Å². The molecule has 1 heterocycles. The molecule has 0 saturated carbocycles. The Hall–Kier alpha value is -2.82. The Labute approximate surface area is 139 Å². The normalized spacial score (nSPS) is 15.5. The molecule has 0 unspecified atom stereocenters. The highest BCUT2D eigenvalue weighted by atomic mass is 19.1. The van der Waals surface area contributed by atoms with Crippen molar-refractivity contribution >= 4 is 11.9 Å². The van der Waals surface area contributed by atoms with Crippen LogP contribution >= 0.6 is 0 Å². The molecule has 0 aromatic heterocycles. The molecule has 3 rings (SSSR count). The summed E-state index contributed by atoms with van der Waals surface area (Å²) in [6.07, 6.45) is 2.11. The number of carbonyl (C=O) groups is 1. The van der Waals surface area contributed by atoms with Gasteiger partial charge in [0, 0.05) is 24.1 Å². The minimum atomic E-state index is -0.343. The van der Waals surface area contributed by atoms with Gasteiger partial charge in [0.25, 0.3) is 0 Å². The molecule has 0 N–H and O–H groups in total. The van der Waals surface area contributed by atoms with Crippen molar-refractivity contribution in [3.8, 4) is 17.2 Å². The molecule has 2 aromatic carbocycles. The number of ketones is 1. The zero-order valence-electron chi connectivity index (χ0n) is 13.5. The second kappa shape index (κ2) is 6.74. The van der Waals surface area contributed by atoms with Crippen molar-refractivity contribution in [2.24, 2.45) is 0 Å². The first-order valence-electron chi connectivity index (χ1n) is 7.52. The van der Waals surface area contributed by atoms with Gasteiger partial charge in [-0.3, -0.25) is 4.79 Å². The van der Waals surface area contributed by atoms with Crippen LogP contribution < -0.4 is 14.2 Å². The Morgan fingerprint density at radius 1 is 1.17 bits per heavy atom. The van der Waals surface area contributed by atoms with Crippen molar-refractivity contribution in [1.29, 1.82) is 0 Å². The van der Waals surface area contributed by atoms with Gasteiger partial charge < -0.3 is 14.2 Å². The molecule has 0 bridgehead atoms. The van der Waals surface area contributed by atoms with E-state index in [0.29, 0.717) is 47.0 Å². The van der Waals surface area contributed by atoms with E-state index >= 15 is 0 Å². The highest BCUT2D eigenvalue weighted by molar-refractivity contribution is 6.15. The van der Waals surface area contributed by atoms with Crippen LogP contribution in [0.3, 0.4) is 0 Å². The van der Waals surface area contributed by atoms with Gasteiger partial charge >= 0.3 is 0 Å². The number of halogens is 1. The van der Waals surface area contributed by atoms with Crippen LogP contribution in [-0.2, 0) is 0 Å². The fourth-order valence-corrected chi connectivity index (χ4v) is 2.66. The van der Waals surface area contributed by atoms with Crippen LogP contribution in [0, 0.1) is 5.82 Å². The first kappa shape index (κ1) is 16.1. The molecule has 0 radical (unpaired) electrons. The molecule has 0 saturated heterocycles. The first-order chi connectivity index (χ1) is 11.6. The summed E-state index contributed by atoms with van der Waals surface area (Å²) < 4.78 is 29.6. The van der Waals surface area contributed by atoms with E-state index in [0.717, 1.165) is 0 Å². The molecule has 24 heavy (non-hydrogen) atoms. The Kier molecular flexibility index (Phi) is 4.51. The van der Waals surface area contributed by atoms with Gasteiger partial charge in [-0.25, -0.2) is 4.39 Å². The van der Waals surface area contributed by atoms with Gasteiger partial charge in [-0.05, 0) is 23.8 Å². The van der Waals surface area contributed by atoms with Gasteiger partial charge in [-0.1, -0.05) is 12.1 Å². The zero-order valence-corrected chi connectivity index (χ0v) is 13.5. The Morgan fingerprint density at radius 2 is 2.00 bits per heavy atom. The molecule has 2 aromatic rings. The topological polar surface area (TPSA) is 44.8 Å². The SMILES string of the molecule is COc1cc(OC)c2c(c1)OCC/C(=C\c1cccc(F)c1)C2=O. The van der Waals surface area contributed by atoms with E-state index in [2.05, 4.69) is 0 Å². The van der Waals surface area contributed by atoms with Crippen LogP contribution in [0.5, 0.6) is 17.2 Å². The summed E-state index contributed by atoms with van der Waals surface area (Å²) in [4.78, 5) is 12.9. The highest BCUT2D eigenvalue weighted by Crippen LogP contribution is 2.38. The fourth-order valence-electron chi connectivity index (χ4n) is 2.66. The van der Waals surface area contributed by atoms with Crippen LogP contribution in [0.4, 0.5) is 4.39 Å². The molecule has 0 aliphatic carbocycles. The minimum absolute atomic E-state index is 0.189. The third-order valence-corrected chi connectivity index (χ3v) is 3.83. The standard InChI is InChI=1S/C19H17FO4/c1-22-15-10-16(23-2)18-17(11-15)24-7-6-13(19(18)21)8-12-4-3-5-14(20)9-12/h3-5,8-11H,6-7H2,1-2H3/b13-8+.